The number of para-hydroxylation sites is 2. The molecule has 0 fully saturated rings. The zero-order chi connectivity index (χ0) is 21.7. The minimum absolute atomic E-state index is 0.625. The van der Waals surface area contributed by atoms with E-state index in [4.69, 9.17) is 20.8 Å². The number of ether oxygens (including phenoxy) is 1. The third kappa shape index (κ3) is 2.66. The molecule has 2 heterocycles. The first-order valence-electron chi connectivity index (χ1n) is 10.7. The lowest BCUT2D eigenvalue weighted by Crippen LogP contribution is -2.30. The molecular formula is C27H21N3O2. The number of nitrogens with zero attached hydrogens (tertiary/aromatic N) is 3. The van der Waals surface area contributed by atoms with Crippen molar-refractivity contribution in [1.29, 1.82) is 0 Å². The second kappa shape index (κ2) is 7.00. The van der Waals surface area contributed by atoms with E-state index in [1.54, 1.807) is 7.11 Å². The minimum Gasteiger partial charge on any atom is -0.493 e. The van der Waals surface area contributed by atoms with Gasteiger partial charge in [0.2, 0.25) is 0 Å². The van der Waals surface area contributed by atoms with Gasteiger partial charge in [0.15, 0.2) is 11.3 Å². The average molecular weight is 419 g/mol. The smallest absolute Gasteiger partial charge is 0.262 e. The van der Waals surface area contributed by atoms with Crippen LogP contribution in [0.1, 0.15) is 23.2 Å². The third-order valence-electron chi connectivity index (χ3n) is 6.58. The van der Waals surface area contributed by atoms with E-state index in [2.05, 4.69) is 17.1 Å². The Morgan fingerprint density at radius 3 is 2.69 bits per heavy atom. The molecule has 0 amide bonds. The molecule has 0 saturated heterocycles. The van der Waals surface area contributed by atoms with Crippen molar-refractivity contribution in [3.8, 4) is 11.4 Å². The number of furan rings is 1. The summed E-state index contributed by atoms with van der Waals surface area (Å²) in [5.41, 5.74) is 5.09. The molecule has 0 bridgehead atoms. The van der Waals surface area contributed by atoms with E-state index >= 15 is 0 Å². The lowest BCUT2D eigenvalue weighted by Gasteiger charge is -2.26. The van der Waals surface area contributed by atoms with Gasteiger partial charge in [-0.15, -0.1) is 0 Å². The summed E-state index contributed by atoms with van der Waals surface area (Å²) >= 11 is 0. The molecule has 32 heavy (non-hydrogen) atoms. The summed E-state index contributed by atoms with van der Waals surface area (Å²) in [5, 5.41) is 6.82. The van der Waals surface area contributed by atoms with Crippen molar-refractivity contribution in [1.82, 2.24) is 9.78 Å². The molecule has 3 aromatic carbocycles. The Bertz CT molecular complexity index is 1510. The van der Waals surface area contributed by atoms with E-state index in [1.165, 1.54) is 0 Å². The van der Waals surface area contributed by atoms with Gasteiger partial charge < -0.3 is 14.0 Å². The lowest BCUT2D eigenvalue weighted by molar-refractivity contribution is 0.410. The van der Waals surface area contributed by atoms with Crippen molar-refractivity contribution < 1.29 is 9.15 Å². The first kappa shape index (κ1) is 18.7. The quantitative estimate of drug-likeness (QED) is 0.333. The van der Waals surface area contributed by atoms with Crippen LogP contribution in [0.3, 0.4) is 0 Å². The first-order valence-corrected chi connectivity index (χ1v) is 10.7. The molecule has 1 atom stereocenters. The fraction of sp³-hybridized carbons (Fsp3) is 0.185. The van der Waals surface area contributed by atoms with Crippen LogP contribution >= 0.6 is 0 Å². The standard InChI is InChI=1S/C27H21N3O2/c1-28-27(15-14-22-18(16-27)17-30(29-22)19-8-4-3-5-9-19)21-12-13-24(31-2)26-25(21)20-10-6-7-11-23(20)32-26/h3-13,17H,14-16H2,2H3. The van der Waals surface area contributed by atoms with Gasteiger partial charge in [-0.25, -0.2) is 11.3 Å². The molecule has 5 aromatic rings. The van der Waals surface area contributed by atoms with Crippen LogP contribution in [-0.4, -0.2) is 16.9 Å². The number of fused-ring (bicyclic) bond motifs is 4. The number of methoxy groups -OCH3 is 1. The van der Waals surface area contributed by atoms with Crippen molar-refractivity contribution in [3.05, 3.63) is 101 Å². The third-order valence-corrected chi connectivity index (χ3v) is 6.58. The summed E-state index contributed by atoms with van der Waals surface area (Å²) < 4.78 is 13.7. The van der Waals surface area contributed by atoms with Gasteiger partial charge in [0, 0.05) is 34.5 Å². The topological polar surface area (TPSA) is 44.6 Å². The Hall–Kier alpha value is -4.04. The normalized spacial score (nSPS) is 17.9. The van der Waals surface area contributed by atoms with Crippen LogP contribution in [0.2, 0.25) is 0 Å². The SMILES string of the molecule is [C-]#[N+]C1(c2ccc(OC)c3oc4ccccc4c23)CCc2nn(-c3ccccc3)cc2C1. The number of aromatic nitrogens is 2. The maximum Gasteiger partial charge on any atom is 0.262 e. The van der Waals surface area contributed by atoms with Crippen molar-refractivity contribution in [2.75, 3.05) is 7.11 Å². The molecule has 0 saturated carbocycles. The number of rotatable bonds is 3. The van der Waals surface area contributed by atoms with Gasteiger partial charge in [-0.05, 0) is 36.8 Å². The summed E-state index contributed by atoms with van der Waals surface area (Å²) in [5.74, 6) is 0.688. The number of aryl methyl sites for hydroxylation is 1. The number of benzene rings is 3. The monoisotopic (exact) mass is 419 g/mol. The number of hydrogen-bond acceptors (Lipinski definition) is 3. The molecular weight excluding hydrogens is 398 g/mol. The average Bonchev–Trinajstić information content (AvgIpc) is 3.45. The van der Waals surface area contributed by atoms with E-state index in [9.17, 15) is 0 Å². The van der Waals surface area contributed by atoms with E-state index in [-0.39, 0.29) is 0 Å². The largest absolute Gasteiger partial charge is 0.493 e. The molecule has 0 spiro atoms. The maximum atomic E-state index is 8.27. The molecule has 5 nitrogen and oxygen atoms in total. The lowest BCUT2D eigenvalue weighted by atomic mass is 9.75. The first-order chi connectivity index (χ1) is 15.7. The molecule has 1 unspecified atom stereocenters. The van der Waals surface area contributed by atoms with E-state index in [0.29, 0.717) is 17.8 Å². The van der Waals surface area contributed by atoms with Crippen LogP contribution in [0.15, 0.2) is 77.3 Å². The van der Waals surface area contributed by atoms with Gasteiger partial charge in [-0.1, -0.05) is 36.4 Å². The second-order valence-corrected chi connectivity index (χ2v) is 8.32. The Morgan fingerprint density at radius 1 is 1.06 bits per heavy atom. The fourth-order valence-electron chi connectivity index (χ4n) is 4.98. The molecule has 5 heteroatoms. The molecule has 156 valence electrons. The van der Waals surface area contributed by atoms with Crippen LogP contribution in [-0.2, 0) is 18.4 Å². The van der Waals surface area contributed by atoms with Gasteiger partial charge in [0.1, 0.15) is 5.58 Å². The van der Waals surface area contributed by atoms with Gasteiger partial charge in [0.25, 0.3) is 5.54 Å². The summed E-state index contributed by atoms with van der Waals surface area (Å²) in [4.78, 5) is 4.25. The Morgan fingerprint density at radius 2 is 1.88 bits per heavy atom. The Kier molecular flexibility index (Phi) is 4.09. The number of hydrogen-bond donors (Lipinski definition) is 0. The van der Waals surface area contributed by atoms with Crippen molar-refractivity contribution in [2.45, 2.75) is 24.8 Å². The van der Waals surface area contributed by atoms with E-state index in [1.807, 2.05) is 65.3 Å². The molecule has 1 aliphatic carbocycles. The summed E-state index contributed by atoms with van der Waals surface area (Å²) in [6.07, 6.45) is 4.19. The maximum absolute atomic E-state index is 8.27. The molecule has 6 rings (SSSR count). The molecule has 0 N–H and O–H groups in total. The van der Waals surface area contributed by atoms with Gasteiger partial charge in [-0.3, -0.25) is 0 Å². The van der Waals surface area contributed by atoms with Crippen molar-refractivity contribution in [2.24, 2.45) is 0 Å². The predicted molar refractivity (Wildman–Crippen MR) is 124 cm³/mol. The predicted octanol–water partition coefficient (Wildman–Crippen LogP) is 6.08. The zero-order valence-corrected chi connectivity index (χ0v) is 17.7. The Labute approximate surface area is 185 Å². The minimum atomic E-state index is -0.672. The molecule has 0 radical (unpaired) electrons. The highest BCUT2D eigenvalue weighted by Crippen LogP contribution is 2.47. The highest BCUT2D eigenvalue weighted by atomic mass is 16.5. The van der Waals surface area contributed by atoms with E-state index in [0.717, 1.165) is 51.7 Å². The molecule has 0 aliphatic heterocycles. The zero-order valence-electron chi connectivity index (χ0n) is 17.7. The summed E-state index contributed by atoms with van der Waals surface area (Å²) in [6.45, 7) is 8.27. The highest BCUT2D eigenvalue weighted by Gasteiger charge is 2.45. The second-order valence-electron chi connectivity index (χ2n) is 8.32. The van der Waals surface area contributed by atoms with Crippen LogP contribution in [0.25, 0.3) is 32.5 Å². The van der Waals surface area contributed by atoms with Crippen LogP contribution in [0.4, 0.5) is 0 Å². The van der Waals surface area contributed by atoms with E-state index < -0.39 is 5.54 Å². The fourth-order valence-corrected chi connectivity index (χ4v) is 4.98. The van der Waals surface area contributed by atoms with Gasteiger partial charge in [-0.2, -0.15) is 5.10 Å². The molecule has 1 aliphatic rings. The molecule has 2 aromatic heterocycles. The summed E-state index contributed by atoms with van der Waals surface area (Å²) in [7, 11) is 1.65. The van der Waals surface area contributed by atoms with Crippen molar-refractivity contribution >= 4 is 21.9 Å². The van der Waals surface area contributed by atoms with Gasteiger partial charge in [0.05, 0.1) is 24.9 Å². The van der Waals surface area contributed by atoms with Crippen LogP contribution < -0.4 is 4.74 Å². The van der Waals surface area contributed by atoms with Crippen LogP contribution in [0, 0.1) is 6.57 Å². The Balaban J connectivity index is 1.53. The highest BCUT2D eigenvalue weighted by molar-refractivity contribution is 6.09. The van der Waals surface area contributed by atoms with Gasteiger partial charge >= 0.3 is 0 Å². The summed E-state index contributed by atoms with van der Waals surface area (Å²) in [6, 6.07) is 22.1. The van der Waals surface area contributed by atoms with Crippen LogP contribution in [0.5, 0.6) is 5.75 Å². The van der Waals surface area contributed by atoms with Crippen molar-refractivity contribution in [3.63, 3.8) is 0 Å².